The number of hydrogen-bond donors (Lipinski definition) is 1. The number of sulfonamides is 1. The van der Waals surface area contributed by atoms with Crippen LogP contribution in [0, 0.1) is 0 Å². The second-order valence-corrected chi connectivity index (χ2v) is 8.89. The molecule has 1 amide bonds. The van der Waals surface area contributed by atoms with Gasteiger partial charge in [-0.15, -0.1) is 0 Å². The molecule has 168 valence electrons. The number of amides is 1. The van der Waals surface area contributed by atoms with Crippen LogP contribution in [0.1, 0.15) is 15.9 Å². The van der Waals surface area contributed by atoms with E-state index in [1.807, 2.05) is 0 Å². The van der Waals surface area contributed by atoms with E-state index < -0.39 is 45.9 Å². The molecule has 0 aliphatic rings. The van der Waals surface area contributed by atoms with Crippen molar-refractivity contribution in [1.82, 2.24) is 0 Å². The van der Waals surface area contributed by atoms with Gasteiger partial charge in [-0.25, -0.2) is 13.2 Å². The van der Waals surface area contributed by atoms with Crippen molar-refractivity contribution >= 4 is 56.5 Å². The maximum atomic E-state index is 13.0. The SMILES string of the molecule is COC(=O)c1ccc(Cl)c(NC(=O)CN(c2cc(C(F)(F)F)ccc2Cl)S(C)(=O)=O)c1. The second-order valence-electron chi connectivity index (χ2n) is 6.17. The normalized spacial score (nSPS) is 11.7. The molecule has 0 atom stereocenters. The molecule has 0 spiro atoms. The lowest BCUT2D eigenvalue weighted by molar-refractivity contribution is -0.137. The van der Waals surface area contributed by atoms with Crippen molar-refractivity contribution in [1.29, 1.82) is 0 Å². The molecule has 0 saturated carbocycles. The molecule has 7 nitrogen and oxygen atoms in total. The Bertz CT molecular complexity index is 1120. The van der Waals surface area contributed by atoms with Gasteiger partial charge in [0.05, 0.1) is 45.9 Å². The van der Waals surface area contributed by atoms with E-state index in [4.69, 9.17) is 23.2 Å². The van der Waals surface area contributed by atoms with Crippen LogP contribution in [0.25, 0.3) is 0 Å². The number of nitrogens with zero attached hydrogens (tertiary/aromatic N) is 1. The van der Waals surface area contributed by atoms with Gasteiger partial charge in [-0.2, -0.15) is 13.2 Å². The molecule has 0 fully saturated rings. The summed E-state index contributed by atoms with van der Waals surface area (Å²) >= 11 is 11.9. The molecule has 1 N–H and O–H groups in total. The maximum absolute atomic E-state index is 13.0. The van der Waals surface area contributed by atoms with Crippen molar-refractivity contribution in [3.8, 4) is 0 Å². The van der Waals surface area contributed by atoms with Crippen LogP contribution < -0.4 is 9.62 Å². The van der Waals surface area contributed by atoms with Crippen molar-refractivity contribution < 1.29 is 35.9 Å². The summed E-state index contributed by atoms with van der Waals surface area (Å²) < 4.78 is 68.5. The maximum Gasteiger partial charge on any atom is 0.416 e. The van der Waals surface area contributed by atoms with Gasteiger partial charge in [0.1, 0.15) is 6.54 Å². The van der Waals surface area contributed by atoms with Crippen molar-refractivity contribution in [3.05, 3.63) is 57.6 Å². The van der Waals surface area contributed by atoms with Gasteiger partial charge >= 0.3 is 12.1 Å². The number of alkyl halides is 3. The molecule has 0 heterocycles. The van der Waals surface area contributed by atoms with Crippen LogP contribution in [0.5, 0.6) is 0 Å². The first-order valence-corrected chi connectivity index (χ1v) is 10.9. The predicted molar refractivity (Wildman–Crippen MR) is 110 cm³/mol. The fourth-order valence-corrected chi connectivity index (χ4v) is 3.74. The molecule has 31 heavy (non-hydrogen) atoms. The summed E-state index contributed by atoms with van der Waals surface area (Å²) in [4.78, 5) is 24.1. The summed E-state index contributed by atoms with van der Waals surface area (Å²) in [6, 6.07) is 5.95. The zero-order chi connectivity index (χ0) is 23.6. The largest absolute Gasteiger partial charge is 0.465 e. The van der Waals surface area contributed by atoms with Crippen molar-refractivity contribution in [3.63, 3.8) is 0 Å². The average Bonchev–Trinajstić information content (AvgIpc) is 2.66. The second kappa shape index (κ2) is 9.33. The van der Waals surface area contributed by atoms with E-state index in [-0.39, 0.29) is 21.3 Å². The van der Waals surface area contributed by atoms with Crippen molar-refractivity contribution in [2.75, 3.05) is 29.5 Å². The van der Waals surface area contributed by atoms with E-state index in [2.05, 4.69) is 10.1 Å². The summed E-state index contributed by atoms with van der Waals surface area (Å²) in [5.74, 6) is -1.65. The number of halogens is 5. The van der Waals surface area contributed by atoms with Gasteiger partial charge in [0.15, 0.2) is 0 Å². The summed E-state index contributed by atoms with van der Waals surface area (Å²) in [6.07, 6.45) is -4.05. The lowest BCUT2D eigenvalue weighted by Gasteiger charge is -2.24. The number of carbonyl (C=O) groups excluding carboxylic acids is 2. The third-order valence-corrected chi connectivity index (χ3v) is 5.67. The molecule has 2 rings (SSSR count). The number of rotatable bonds is 6. The minimum atomic E-state index is -4.76. The lowest BCUT2D eigenvalue weighted by Crippen LogP contribution is -2.37. The van der Waals surface area contributed by atoms with E-state index >= 15 is 0 Å². The van der Waals surface area contributed by atoms with Crippen LogP contribution in [0.2, 0.25) is 10.0 Å². The topological polar surface area (TPSA) is 92.8 Å². The minimum Gasteiger partial charge on any atom is -0.465 e. The van der Waals surface area contributed by atoms with Crippen LogP contribution in [-0.4, -0.2) is 40.2 Å². The molecule has 0 aliphatic carbocycles. The third kappa shape index (κ3) is 6.25. The zero-order valence-electron chi connectivity index (χ0n) is 16.0. The van der Waals surface area contributed by atoms with Gasteiger partial charge < -0.3 is 10.1 Å². The Morgan fingerprint density at radius 1 is 1.10 bits per heavy atom. The highest BCUT2D eigenvalue weighted by Gasteiger charge is 2.33. The summed E-state index contributed by atoms with van der Waals surface area (Å²) in [6.45, 7) is -0.904. The Labute approximate surface area is 185 Å². The monoisotopic (exact) mass is 498 g/mol. The van der Waals surface area contributed by atoms with Gasteiger partial charge in [-0.05, 0) is 36.4 Å². The van der Waals surface area contributed by atoms with Crippen LogP contribution in [0.3, 0.4) is 0 Å². The first kappa shape index (κ1) is 24.8. The number of benzene rings is 2. The zero-order valence-corrected chi connectivity index (χ0v) is 18.3. The number of carbonyl (C=O) groups is 2. The number of anilines is 2. The Kier molecular flexibility index (Phi) is 7.45. The number of methoxy groups -OCH3 is 1. The number of nitrogens with one attached hydrogen (secondary N) is 1. The molecule has 2 aromatic carbocycles. The Morgan fingerprint density at radius 3 is 2.26 bits per heavy atom. The molecular weight excluding hydrogens is 484 g/mol. The minimum absolute atomic E-state index is 0.0295. The van der Waals surface area contributed by atoms with Gasteiger partial charge in [0, 0.05) is 0 Å². The Balaban J connectivity index is 2.38. The van der Waals surface area contributed by atoms with E-state index in [1.54, 1.807) is 0 Å². The highest BCUT2D eigenvalue weighted by molar-refractivity contribution is 7.92. The summed E-state index contributed by atoms with van der Waals surface area (Å²) in [5, 5.41) is 2.04. The molecule has 0 bridgehead atoms. The van der Waals surface area contributed by atoms with E-state index in [9.17, 15) is 31.2 Å². The van der Waals surface area contributed by atoms with Gasteiger partial charge in [0.2, 0.25) is 15.9 Å². The molecule has 0 aromatic heterocycles. The van der Waals surface area contributed by atoms with Crippen molar-refractivity contribution in [2.45, 2.75) is 6.18 Å². The average molecular weight is 499 g/mol. The fraction of sp³-hybridized carbons (Fsp3) is 0.222. The molecule has 2 aromatic rings. The van der Waals surface area contributed by atoms with E-state index in [0.717, 1.165) is 13.2 Å². The van der Waals surface area contributed by atoms with E-state index in [1.165, 1.54) is 18.2 Å². The highest BCUT2D eigenvalue weighted by atomic mass is 35.5. The Hall–Kier alpha value is -2.50. The lowest BCUT2D eigenvalue weighted by atomic mass is 10.2. The third-order valence-electron chi connectivity index (χ3n) is 3.89. The first-order valence-electron chi connectivity index (χ1n) is 8.26. The quantitative estimate of drug-likeness (QED) is 0.602. The molecule has 0 saturated heterocycles. The molecule has 0 aliphatic heterocycles. The molecular formula is C18H15Cl2F3N2O5S. The van der Waals surface area contributed by atoms with E-state index in [0.29, 0.717) is 22.7 Å². The molecule has 13 heteroatoms. The standard InChI is InChI=1S/C18H15Cl2F3N2O5S/c1-30-17(27)10-3-5-12(19)14(7-10)24-16(26)9-25(31(2,28)29)15-8-11(18(21,22)23)4-6-13(15)20/h3-8H,9H2,1-2H3,(H,24,26). The number of ether oxygens (including phenoxy) is 1. The van der Waals surface area contributed by atoms with Crippen LogP contribution in [-0.2, 0) is 25.7 Å². The number of esters is 1. The van der Waals surface area contributed by atoms with Crippen LogP contribution in [0.4, 0.5) is 24.5 Å². The van der Waals surface area contributed by atoms with Crippen molar-refractivity contribution in [2.24, 2.45) is 0 Å². The molecule has 0 unspecified atom stereocenters. The Morgan fingerprint density at radius 2 is 1.71 bits per heavy atom. The van der Waals surface area contributed by atoms with Crippen LogP contribution in [0.15, 0.2) is 36.4 Å². The van der Waals surface area contributed by atoms with Crippen LogP contribution >= 0.6 is 23.2 Å². The molecule has 0 radical (unpaired) electrons. The highest BCUT2D eigenvalue weighted by Crippen LogP contribution is 2.36. The smallest absolute Gasteiger partial charge is 0.416 e. The number of hydrogen-bond acceptors (Lipinski definition) is 5. The summed E-state index contributed by atoms with van der Waals surface area (Å²) in [7, 11) is -3.06. The predicted octanol–water partition coefficient (Wildman–Crippen LogP) is 4.20. The van der Waals surface area contributed by atoms with Gasteiger partial charge in [-0.1, -0.05) is 23.2 Å². The van der Waals surface area contributed by atoms with Gasteiger partial charge in [0.25, 0.3) is 0 Å². The first-order chi connectivity index (χ1) is 14.2. The van der Waals surface area contributed by atoms with Gasteiger partial charge in [-0.3, -0.25) is 9.10 Å². The summed E-state index contributed by atoms with van der Waals surface area (Å²) in [5.41, 5.74) is -1.64. The fourth-order valence-electron chi connectivity index (χ4n) is 2.45.